The first-order valence-corrected chi connectivity index (χ1v) is 13.9. The number of fused-ring (bicyclic) bond motifs is 1. The van der Waals surface area contributed by atoms with Crippen LogP contribution in [-0.2, 0) is 18.9 Å². The second-order valence-corrected chi connectivity index (χ2v) is 10.4. The predicted molar refractivity (Wildman–Crippen MR) is 133 cm³/mol. The molecule has 2 fully saturated rings. The van der Waals surface area contributed by atoms with Crippen molar-refractivity contribution in [1.29, 1.82) is 0 Å². The van der Waals surface area contributed by atoms with Crippen molar-refractivity contribution in [3.63, 3.8) is 0 Å². The van der Waals surface area contributed by atoms with Crippen LogP contribution in [0.3, 0.4) is 0 Å². The van der Waals surface area contributed by atoms with Crippen LogP contribution in [0.4, 0.5) is 0 Å². The van der Waals surface area contributed by atoms with Crippen LogP contribution < -0.4 is 5.32 Å². The summed E-state index contributed by atoms with van der Waals surface area (Å²) in [4.78, 5) is 0. The van der Waals surface area contributed by atoms with Crippen LogP contribution in [-0.4, -0.2) is 61.8 Å². The second kappa shape index (κ2) is 16.4. The summed E-state index contributed by atoms with van der Waals surface area (Å²) < 4.78 is 23.8. The topological polar surface area (TPSA) is 69.2 Å². The summed E-state index contributed by atoms with van der Waals surface area (Å²) in [5.74, 6) is -0.648. The lowest BCUT2D eigenvalue weighted by Gasteiger charge is -2.30. The van der Waals surface area contributed by atoms with Crippen LogP contribution >= 0.6 is 0 Å². The Morgan fingerprint density at radius 2 is 1.39 bits per heavy atom. The van der Waals surface area contributed by atoms with Gasteiger partial charge in [0, 0.05) is 19.8 Å². The first-order chi connectivity index (χ1) is 16.0. The van der Waals surface area contributed by atoms with Crippen molar-refractivity contribution in [2.24, 2.45) is 0 Å². The van der Waals surface area contributed by atoms with Crippen molar-refractivity contribution in [3.05, 3.63) is 0 Å². The van der Waals surface area contributed by atoms with E-state index in [2.05, 4.69) is 12.2 Å². The normalized spacial score (nSPS) is 27.2. The van der Waals surface area contributed by atoms with Crippen LogP contribution in [0.2, 0.25) is 0 Å². The van der Waals surface area contributed by atoms with E-state index in [1.54, 1.807) is 7.11 Å². The number of aliphatic hydroxyl groups excluding tert-OH is 1. The third kappa shape index (κ3) is 10.5. The van der Waals surface area contributed by atoms with Crippen molar-refractivity contribution in [2.45, 2.75) is 154 Å². The minimum atomic E-state index is -0.648. The van der Waals surface area contributed by atoms with Gasteiger partial charge < -0.3 is 29.4 Å². The van der Waals surface area contributed by atoms with Gasteiger partial charge in [0.2, 0.25) is 0 Å². The van der Waals surface area contributed by atoms with Crippen molar-refractivity contribution in [3.8, 4) is 0 Å². The highest BCUT2D eigenvalue weighted by Crippen LogP contribution is 2.39. The fraction of sp³-hybridized carbons (Fsp3) is 1.00. The van der Waals surface area contributed by atoms with E-state index in [1.165, 1.54) is 83.5 Å². The van der Waals surface area contributed by atoms with Gasteiger partial charge in [0.1, 0.15) is 18.3 Å². The monoisotopic (exact) mass is 471 g/mol. The summed E-state index contributed by atoms with van der Waals surface area (Å²) in [7, 11) is 1.70. The molecule has 2 aliphatic rings. The smallest absolute Gasteiger partial charge is 0.190 e. The van der Waals surface area contributed by atoms with Gasteiger partial charge in [-0.2, -0.15) is 0 Å². The van der Waals surface area contributed by atoms with Crippen molar-refractivity contribution < 1.29 is 24.1 Å². The molecule has 0 aromatic carbocycles. The van der Waals surface area contributed by atoms with Crippen molar-refractivity contribution in [1.82, 2.24) is 5.32 Å². The van der Waals surface area contributed by atoms with Gasteiger partial charge in [-0.1, -0.05) is 90.4 Å². The van der Waals surface area contributed by atoms with Gasteiger partial charge >= 0.3 is 0 Å². The minimum absolute atomic E-state index is 0.0304. The van der Waals surface area contributed by atoms with Gasteiger partial charge in [-0.05, 0) is 33.2 Å². The summed E-state index contributed by atoms with van der Waals surface area (Å²) in [5.41, 5.74) is 0. The number of rotatable bonds is 20. The zero-order chi connectivity index (χ0) is 23.9. The molecule has 0 aromatic heterocycles. The Morgan fingerprint density at radius 1 is 0.848 bits per heavy atom. The summed E-state index contributed by atoms with van der Waals surface area (Å²) >= 11 is 0. The number of hydrogen-bond donors (Lipinski definition) is 2. The van der Waals surface area contributed by atoms with E-state index in [4.69, 9.17) is 18.9 Å². The number of unbranched alkanes of at least 4 members (excludes halogenated alkanes) is 13. The molecular weight excluding hydrogens is 418 g/mol. The molecule has 2 heterocycles. The summed E-state index contributed by atoms with van der Waals surface area (Å²) in [6.45, 7) is 7.13. The maximum Gasteiger partial charge on any atom is 0.190 e. The molecule has 0 amide bonds. The van der Waals surface area contributed by atoms with E-state index in [0.717, 1.165) is 13.0 Å². The van der Waals surface area contributed by atoms with Crippen LogP contribution in [0.1, 0.15) is 117 Å². The van der Waals surface area contributed by atoms with Crippen LogP contribution in [0.15, 0.2) is 0 Å². The summed E-state index contributed by atoms with van der Waals surface area (Å²) in [6.07, 6.45) is 18.7. The molecule has 196 valence electrons. The fourth-order valence-corrected chi connectivity index (χ4v) is 5.22. The second-order valence-electron chi connectivity index (χ2n) is 10.4. The molecule has 0 bridgehead atoms. The Bertz CT molecular complexity index is 489. The number of methoxy groups -OCH3 is 1. The SMILES string of the molecule is CCCCCCCCCCCCCCCCN[C@H](CCO)[C@H]1O[C@@H]2OC(C)(C)O[C@@H]2[C@H]1OC. The third-order valence-electron chi connectivity index (χ3n) is 7.07. The molecule has 2 N–H and O–H groups in total. The maximum absolute atomic E-state index is 9.57. The van der Waals surface area contributed by atoms with E-state index in [0.29, 0.717) is 6.42 Å². The van der Waals surface area contributed by atoms with Gasteiger partial charge in [-0.15, -0.1) is 0 Å². The molecule has 2 saturated heterocycles. The molecule has 33 heavy (non-hydrogen) atoms. The number of aliphatic hydroxyl groups is 1. The van der Waals surface area contributed by atoms with E-state index in [1.807, 2.05) is 13.8 Å². The van der Waals surface area contributed by atoms with Gasteiger partial charge in [0.05, 0.1) is 0 Å². The quantitative estimate of drug-likeness (QED) is 0.222. The fourth-order valence-electron chi connectivity index (χ4n) is 5.22. The molecule has 0 spiro atoms. The molecule has 0 aromatic rings. The Hall–Kier alpha value is -0.240. The molecule has 2 rings (SSSR count). The highest BCUT2D eigenvalue weighted by Gasteiger charge is 2.56. The lowest BCUT2D eigenvalue weighted by Crippen LogP contribution is -2.49. The van der Waals surface area contributed by atoms with Crippen LogP contribution in [0.25, 0.3) is 0 Å². The van der Waals surface area contributed by atoms with E-state index in [-0.39, 0.29) is 31.0 Å². The van der Waals surface area contributed by atoms with Crippen molar-refractivity contribution >= 4 is 0 Å². The molecule has 2 aliphatic heterocycles. The van der Waals surface area contributed by atoms with Gasteiger partial charge in [-0.25, -0.2) is 0 Å². The highest BCUT2D eigenvalue weighted by atomic mass is 16.8. The Balaban J connectivity index is 1.51. The molecule has 5 atom stereocenters. The number of hydrogen-bond acceptors (Lipinski definition) is 6. The average Bonchev–Trinajstić information content (AvgIpc) is 3.26. The Kier molecular flexibility index (Phi) is 14.4. The zero-order valence-corrected chi connectivity index (χ0v) is 22.0. The maximum atomic E-state index is 9.57. The molecular formula is C27H53NO5. The Morgan fingerprint density at radius 3 is 1.91 bits per heavy atom. The first kappa shape index (κ1) is 29.0. The largest absolute Gasteiger partial charge is 0.396 e. The van der Waals surface area contributed by atoms with Crippen molar-refractivity contribution in [2.75, 3.05) is 20.3 Å². The molecule has 0 aliphatic carbocycles. The molecule has 6 heteroatoms. The first-order valence-electron chi connectivity index (χ1n) is 13.9. The van der Waals surface area contributed by atoms with Gasteiger partial charge in [0.15, 0.2) is 12.1 Å². The van der Waals surface area contributed by atoms with E-state index in [9.17, 15) is 5.11 Å². The molecule has 0 saturated carbocycles. The van der Waals surface area contributed by atoms with Crippen LogP contribution in [0, 0.1) is 0 Å². The van der Waals surface area contributed by atoms with E-state index < -0.39 is 12.1 Å². The summed E-state index contributed by atoms with van der Waals surface area (Å²) in [5, 5.41) is 13.2. The standard InChI is InChI=1S/C27H53NO5/c1-5-6-7-8-9-10-11-12-13-14-15-16-17-18-20-28-22(19-21-29)23-24(30-4)25-26(31-23)33-27(2,3)32-25/h22-26,28-29H,5-21H2,1-4H3/t22-,23-,24+,25-,26-/m1/s1. The van der Waals surface area contributed by atoms with Gasteiger partial charge in [0.25, 0.3) is 0 Å². The zero-order valence-electron chi connectivity index (χ0n) is 22.0. The predicted octanol–water partition coefficient (Wildman–Crippen LogP) is 5.70. The minimum Gasteiger partial charge on any atom is -0.396 e. The van der Waals surface area contributed by atoms with Gasteiger partial charge in [-0.3, -0.25) is 0 Å². The number of nitrogens with one attached hydrogen (secondary N) is 1. The van der Waals surface area contributed by atoms with E-state index >= 15 is 0 Å². The average molecular weight is 472 g/mol. The highest BCUT2D eigenvalue weighted by molar-refractivity contribution is 4.98. The lowest BCUT2D eigenvalue weighted by molar-refractivity contribution is -0.220. The van der Waals surface area contributed by atoms with Crippen LogP contribution in [0.5, 0.6) is 0 Å². The Labute approximate surface area is 203 Å². The molecule has 0 unspecified atom stereocenters. The lowest BCUT2D eigenvalue weighted by atomic mass is 10.0. The summed E-state index contributed by atoms with van der Waals surface area (Å²) in [6, 6.07) is 0.0304. The molecule has 6 nitrogen and oxygen atoms in total. The molecule has 0 radical (unpaired) electrons. The third-order valence-corrected chi connectivity index (χ3v) is 7.07. The number of ether oxygens (including phenoxy) is 4.